The zero-order chi connectivity index (χ0) is 0. The monoisotopic (exact) mass is 322 g/mol. The van der Waals surface area contributed by atoms with Gasteiger partial charge in [-0.3, -0.25) is 0 Å². The normalized spacial score (nSPS) is 0. The van der Waals surface area contributed by atoms with Gasteiger partial charge in [-0.25, -0.2) is 0 Å². The summed E-state index contributed by atoms with van der Waals surface area (Å²) < 4.78 is 0. The van der Waals surface area contributed by atoms with E-state index in [0.29, 0.717) is 0 Å². The first-order valence-electron chi connectivity index (χ1n) is 0. The van der Waals surface area contributed by atoms with Crippen molar-refractivity contribution in [1.29, 1.82) is 0 Å². The van der Waals surface area contributed by atoms with Crippen molar-refractivity contribution in [3.63, 3.8) is 0 Å². The van der Waals surface area contributed by atoms with Crippen LogP contribution in [-0.2, 0) is 39.4 Å². The van der Waals surface area contributed by atoms with Crippen LogP contribution in [0.1, 0.15) is 0 Å². The van der Waals surface area contributed by atoms with E-state index in [0.717, 1.165) is 0 Å². The van der Waals surface area contributed by atoms with Gasteiger partial charge >= 0.3 is 0 Å². The third-order valence-electron chi connectivity index (χ3n) is 0. The molecule has 0 aromatic heterocycles. The van der Waals surface area contributed by atoms with Crippen molar-refractivity contribution in [1.82, 2.24) is 0 Å². The molecule has 0 amide bonds. The molecule has 4 heteroatoms. The SMILES string of the molecule is [AlH3].[Au].[Cu].[SiH4]. The molecule has 0 N–H and O–H groups in total. The minimum Gasteiger partial charge on any atom is -0.0149 e. The Hall–Kier alpha value is 2.01. The largest absolute Gasteiger partial charge is 0.187 e. The van der Waals surface area contributed by atoms with Crippen LogP contribution < -0.4 is 0 Å². The predicted molar refractivity (Wildman–Crippen MR) is 21.3 cm³/mol. The van der Waals surface area contributed by atoms with E-state index in [1.807, 2.05) is 0 Å². The van der Waals surface area contributed by atoms with E-state index in [2.05, 4.69) is 0 Å². The van der Waals surface area contributed by atoms with Crippen LogP contribution in [0.3, 0.4) is 0 Å². The molecule has 0 bridgehead atoms. The summed E-state index contributed by atoms with van der Waals surface area (Å²) in [5, 5.41) is 0. The Balaban J connectivity index is 0. The molecule has 0 rings (SSSR count). The van der Waals surface area contributed by atoms with Crippen molar-refractivity contribution < 1.29 is 39.4 Å². The summed E-state index contributed by atoms with van der Waals surface area (Å²) in [6, 6.07) is 0. The standard InChI is InChI=1S/Al.Au.Cu.H4Si.3H/h;;;1H4;;;. The quantitative estimate of drug-likeness (QED) is 0.428. The van der Waals surface area contributed by atoms with Crippen LogP contribution in [0.15, 0.2) is 0 Å². The Kier molecular flexibility index (Phi) is 186. The molecular weight excluding hydrogens is 316 g/mol. The Labute approximate surface area is 67.2 Å². The molecule has 0 heterocycles. The van der Waals surface area contributed by atoms with Gasteiger partial charge in [-0.05, 0) is 11.0 Å². The first-order valence-corrected chi connectivity index (χ1v) is 0. The molecule has 0 unspecified atom stereocenters. The second-order valence-electron chi connectivity index (χ2n) is 0. The molecule has 0 saturated heterocycles. The van der Waals surface area contributed by atoms with Crippen molar-refractivity contribution in [3.05, 3.63) is 0 Å². The van der Waals surface area contributed by atoms with Crippen LogP contribution in [-0.4, -0.2) is 28.3 Å². The minimum atomic E-state index is 0. The fourth-order valence-corrected chi connectivity index (χ4v) is 0. The van der Waals surface area contributed by atoms with Crippen molar-refractivity contribution in [3.8, 4) is 0 Å². The summed E-state index contributed by atoms with van der Waals surface area (Å²) in [6.07, 6.45) is 0. The molecule has 0 saturated carbocycles. The molecule has 4 heavy (non-hydrogen) atoms. The minimum absolute atomic E-state index is 0. The van der Waals surface area contributed by atoms with Gasteiger partial charge in [-0.2, -0.15) is 0 Å². The van der Waals surface area contributed by atoms with E-state index in [4.69, 9.17) is 0 Å². The smallest absolute Gasteiger partial charge is 0.0149 e. The summed E-state index contributed by atoms with van der Waals surface area (Å²) >= 11 is 0. The average molecular weight is 323 g/mol. The molecule has 0 spiro atoms. The van der Waals surface area contributed by atoms with Crippen LogP contribution in [0, 0.1) is 0 Å². The molecule has 0 aliphatic carbocycles. The van der Waals surface area contributed by atoms with Crippen molar-refractivity contribution >= 4 is 28.3 Å². The van der Waals surface area contributed by atoms with Gasteiger partial charge in [0.2, 0.25) is 0 Å². The van der Waals surface area contributed by atoms with Crippen molar-refractivity contribution in [2.24, 2.45) is 0 Å². The van der Waals surface area contributed by atoms with Gasteiger partial charge in [0.05, 0.1) is 0 Å². The van der Waals surface area contributed by atoms with Crippen molar-refractivity contribution in [2.45, 2.75) is 0 Å². The summed E-state index contributed by atoms with van der Waals surface area (Å²) in [4.78, 5) is 0. The van der Waals surface area contributed by atoms with Gasteiger partial charge in [0.25, 0.3) is 0 Å². The Morgan fingerprint density at radius 3 is 1.00 bits per heavy atom. The second kappa shape index (κ2) is 19.9. The van der Waals surface area contributed by atoms with E-state index in [-0.39, 0.29) is 67.8 Å². The van der Waals surface area contributed by atoms with Gasteiger partial charge in [0, 0.05) is 39.4 Å². The zero-order valence-corrected chi connectivity index (χ0v) is 3.71. The Morgan fingerprint density at radius 2 is 1.00 bits per heavy atom. The first kappa shape index (κ1) is 37.4. The maximum atomic E-state index is 0. The predicted octanol–water partition coefficient (Wildman–Crippen LogP) is -2.64. The van der Waals surface area contributed by atoms with Gasteiger partial charge in [0.15, 0.2) is 17.4 Å². The van der Waals surface area contributed by atoms with E-state index in [9.17, 15) is 0 Å². The van der Waals surface area contributed by atoms with E-state index in [1.165, 1.54) is 0 Å². The topological polar surface area (TPSA) is 0 Å². The third kappa shape index (κ3) is 8.99. The Bertz CT molecular complexity index is 8.00. The average Bonchev–Trinajstić information content (AvgIpc) is 0. The molecule has 0 aliphatic heterocycles. The van der Waals surface area contributed by atoms with Crippen LogP contribution in [0.5, 0.6) is 0 Å². The van der Waals surface area contributed by atoms with Crippen LogP contribution in [0.25, 0.3) is 0 Å². The summed E-state index contributed by atoms with van der Waals surface area (Å²) in [5.74, 6) is 0. The molecule has 0 fully saturated rings. The number of hydrogen-bond donors (Lipinski definition) is 0. The third-order valence-corrected chi connectivity index (χ3v) is 0. The van der Waals surface area contributed by atoms with E-state index in [1.54, 1.807) is 0 Å². The fraction of sp³-hybridized carbons (Fsp3) is 0. The molecule has 0 atom stereocenters. The van der Waals surface area contributed by atoms with E-state index >= 15 is 0 Å². The summed E-state index contributed by atoms with van der Waals surface area (Å²) in [7, 11) is 0. The van der Waals surface area contributed by atoms with Crippen LogP contribution in [0.2, 0.25) is 0 Å². The van der Waals surface area contributed by atoms with Crippen LogP contribution in [0.4, 0.5) is 0 Å². The van der Waals surface area contributed by atoms with E-state index < -0.39 is 0 Å². The fourth-order valence-electron chi connectivity index (χ4n) is 0. The zero-order valence-electron chi connectivity index (χ0n) is 0.603. The summed E-state index contributed by atoms with van der Waals surface area (Å²) in [6.45, 7) is 0. The molecule has 0 aliphatic rings. The van der Waals surface area contributed by atoms with Gasteiger partial charge in [0.1, 0.15) is 0 Å². The first-order chi connectivity index (χ1) is 0. The maximum Gasteiger partial charge on any atom is 0.187 e. The summed E-state index contributed by atoms with van der Waals surface area (Å²) in [5.41, 5.74) is 0. The molecule has 0 aromatic rings. The van der Waals surface area contributed by atoms with Gasteiger partial charge < -0.3 is 0 Å². The Morgan fingerprint density at radius 1 is 1.00 bits per heavy atom. The van der Waals surface area contributed by atoms with Crippen molar-refractivity contribution in [2.75, 3.05) is 0 Å². The van der Waals surface area contributed by atoms with Gasteiger partial charge in [-0.1, -0.05) is 0 Å². The molecule has 2 radical (unpaired) electrons. The number of hydrogen-bond acceptors (Lipinski definition) is 0. The van der Waals surface area contributed by atoms with Gasteiger partial charge in [-0.15, -0.1) is 0 Å². The maximum absolute atomic E-state index is 0. The molecular formula is H7AlAuCuSi. The molecule has 36 valence electrons. The second-order valence-corrected chi connectivity index (χ2v) is 0. The molecule has 0 nitrogen and oxygen atoms in total. The molecule has 0 aromatic carbocycles. The number of rotatable bonds is 0. The van der Waals surface area contributed by atoms with Crippen LogP contribution >= 0.6 is 0 Å².